The number of hydrogen-bond donors (Lipinski definition) is 1. The number of aromatic nitrogens is 1. The van der Waals surface area contributed by atoms with Crippen LogP contribution in [-0.4, -0.2) is 18.1 Å². The van der Waals surface area contributed by atoms with Crippen molar-refractivity contribution in [1.82, 2.24) is 10.3 Å². The van der Waals surface area contributed by atoms with E-state index < -0.39 is 0 Å². The van der Waals surface area contributed by atoms with Crippen molar-refractivity contribution in [3.8, 4) is 0 Å². The maximum Gasteiger partial charge on any atom is 0.131 e. The molecule has 0 unspecified atom stereocenters. The maximum atomic E-state index is 5.86. The first-order chi connectivity index (χ1) is 8.75. The van der Waals surface area contributed by atoms with Crippen molar-refractivity contribution in [2.24, 2.45) is 0 Å². The quantitative estimate of drug-likeness (QED) is 0.744. The van der Waals surface area contributed by atoms with E-state index in [1.54, 1.807) is 0 Å². The van der Waals surface area contributed by atoms with Gasteiger partial charge in [0.2, 0.25) is 0 Å². The third-order valence-corrected chi connectivity index (χ3v) is 2.98. The standard InChI is InChI=1S/C10H12Cl2N2.2C2H6/c11-9-5-8(6-10(12)14-9)7-1-3-13-4-2-7;2*1-2/h5-7,13H,1-4H2;2*1-2H3. The van der Waals surface area contributed by atoms with Gasteiger partial charge in [-0.15, -0.1) is 0 Å². The number of nitrogens with one attached hydrogen (secondary N) is 1. The fraction of sp³-hybridized carbons (Fsp3) is 0.643. The number of pyridine rings is 1. The van der Waals surface area contributed by atoms with Crippen LogP contribution in [0, 0.1) is 0 Å². The molecule has 0 saturated carbocycles. The molecule has 1 aliphatic heterocycles. The molecule has 2 nitrogen and oxygen atoms in total. The van der Waals surface area contributed by atoms with Gasteiger partial charge in [0.1, 0.15) is 10.3 Å². The first-order valence-corrected chi connectivity index (χ1v) is 7.55. The van der Waals surface area contributed by atoms with Crippen LogP contribution < -0.4 is 5.32 Å². The van der Waals surface area contributed by atoms with E-state index in [4.69, 9.17) is 23.2 Å². The Kier molecular flexibility index (Phi) is 10.4. The zero-order chi connectivity index (χ0) is 14.0. The van der Waals surface area contributed by atoms with Crippen molar-refractivity contribution >= 4 is 23.2 Å². The molecule has 18 heavy (non-hydrogen) atoms. The molecular formula is C14H24Cl2N2. The molecule has 1 aromatic heterocycles. The van der Waals surface area contributed by atoms with Gasteiger partial charge in [-0.1, -0.05) is 50.9 Å². The van der Waals surface area contributed by atoms with Crippen molar-refractivity contribution in [3.05, 3.63) is 28.0 Å². The summed E-state index contributed by atoms with van der Waals surface area (Å²) in [5.41, 5.74) is 1.22. The fourth-order valence-corrected chi connectivity index (χ4v) is 2.35. The summed E-state index contributed by atoms with van der Waals surface area (Å²) in [5.74, 6) is 0.578. The van der Waals surface area contributed by atoms with Gasteiger partial charge in [-0.2, -0.15) is 0 Å². The van der Waals surface area contributed by atoms with Gasteiger partial charge in [-0.3, -0.25) is 0 Å². The van der Waals surface area contributed by atoms with Crippen LogP contribution in [-0.2, 0) is 0 Å². The van der Waals surface area contributed by atoms with Gasteiger partial charge < -0.3 is 5.32 Å². The first kappa shape index (κ1) is 17.7. The molecule has 0 spiro atoms. The summed E-state index contributed by atoms with van der Waals surface area (Å²) >= 11 is 11.7. The van der Waals surface area contributed by atoms with E-state index in [9.17, 15) is 0 Å². The molecule has 0 radical (unpaired) electrons. The van der Waals surface area contributed by atoms with E-state index in [-0.39, 0.29) is 0 Å². The second kappa shape index (κ2) is 10.6. The fourth-order valence-electron chi connectivity index (χ4n) is 1.87. The van der Waals surface area contributed by atoms with Crippen LogP contribution in [0.25, 0.3) is 0 Å². The van der Waals surface area contributed by atoms with Crippen LogP contribution in [0.2, 0.25) is 10.3 Å². The number of nitrogens with zero attached hydrogens (tertiary/aromatic N) is 1. The Morgan fingerprint density at radius 1 is 1.00 bits per heavy atom. The molecular weight excluding hydrogens is 267 g/mol. The highest BCUT2D eigenvalue weighted by atomic mass is 35.5. The summed E-state index contributed by atoms with van der Waals surface area (Å²) in [6.07, 6.45) is 2.30. The van der Waals surface area contributed by atoms with Crippen LogP contribution in [0.5, 0.6) is 0 Å². The summed E-state index contributed by atoms with van der Waals surface area (Å²) < 4.78 is 0. The minimum Gasteiger partial charge on any atom is -0.317 e. The number of halogens is 2. The average molecular weight is 291 g/mol. The van der Waals surface area contributed by atoms with E-state index in [2.05, 4.69) is 10.3 Å². The first-order valence-electron chi connectivity index (χ1n) is 6.79. The largest absolute Gasteiger partial charge is 0.317 e. The zero-order valence-electron chi connectivity index (χ0n) is 11.8. The van der Waals surface area contributed by atoms with Crippen LogP contribution in [0.1, 0.15) is 52.0 Å². The molecule has 1 saturated heterocycles. The monoisotopic (exact) mass is 290 g/mol. The molecule has 1 fully saturated rings. The van der Waals surface area contributed by atoms with E-state index in [1.807, 2.05) is 39.8 Å². The smallest absolute Gasteiger partial charge is 0.131 e. The van der Waals surface area contributed by atoms with Gasteiger partial charge in [0.15, 0.2) is 0 Å². The van der Waals surface area contributed by atoms with Gasteiger partial charge in [-0.05, 0) is 49.5 Å². The predicted octanol–water partition coefficient (Wildman–Crippen LogP) is 4.91. The summed E-state index contributed by atoms with van der Waals surface area (Å²) in [7, 11) is 0. The number of piperidine rings is 1. The van der Waals surface area contributed by atoms with Gasteiger partial charge >= 0.3 is 0 Å². The van der Waals surface area contributed by atoms with Gasteiger partial charge in [-0.25, -0.2) is 4.98 Å². The average Bonchev–Trinajstić information content (AvgIpc) is 2.43. The molecule has 0 bridgehead atoms. The highest BCUT2D eigenvalue weighted by Gasteiger charge is 2.16. The van der Waals surface area contributed by atoms with Crippen LogP contribution in [0.15, 0.2) is 12.1 Å². The molecule has 4 heteroatoms. The normalized spacial score (nSPS) is 15.0. The second-order valence-corrected chi connectivity index (χ2v) is 4.34. The number of hydrogen-bond acceptors (Lipinski definition) is 2. The van der Waals surface area contributed by atoms with E-state index in [0.717, 1.165) is 25.9 Å². The summed E-state index contributed by atoms with van der Waals surface area (Å²) in [6.45, 7) is 10.1. The lowest BCUT2D eigenvalue weighted by atomic mass is 9.91. The molecule has 1 aliphatic rings. The van der Waals surface area contributed by atoms with Crippen LogP contribution in [0.4, 0.5) is 0 Å². The maximum absolute atomic E-state index is 5.86. The van der Waals surface area contributed by atoms with Gasteiger partial charge in [0.25, 0.3) is 0 Å². The number of rotatable bonds is 1. The van der Waals surface area contributed by atoms with Gasteiger partial charge in [0, 0.05) is 0 Å². The van der Waals surface area contributed by atoms with Gasteiger partial charge in [0.05, 0.1) is 0 Å². The Labute approximate surface area is 121 Å². The summed E-state index contributed by atoms with van der Waals surface area (Å²) in [4.78, 5) is 3.94. The highest BCUT2D eigenvalue weighted by Crippen LogP contribution is 2.28. The lowest BCUT2D eigenvalue weighted by Gasteiger charge is -2.23. The van der Waals surface area contributed by atoms with Crippen molar-refractivity contribution in [1.29, 1.82) is 0 Å². The van der Waals surface area contributed by atoms with Crippen LogP contribution in [0.3, 0.4) is 0 Å². The Bertz CT molecular complexity index is 303. The Balaban J connectivity index is 0.000000659. The molecule has 2 rings (SSSR count). The summed E-state index contributed by atoms with van der Waals surface area (Å²) in [6, 6.07) is 3.84. The molecule has 0 aliphatic carbocycles. The molecule has 1 N–H and O–H groups in total. The topological polar surface area (TPSA) is 24.9 Å². The Hall–Kier alpha value is -0.310. The zero-order valence-corrected chi connectivity index (χ0v) is 13.3. The van der Waals surface area contributed by atoms with E-state index in [0.29, 0.717) is 16.2 Å². The summed E-state index contributed by atoms with van der Waals surface area (Å²) in [5, 5.41) is 4.32. The predicted molar refractivity (Wildman–Crippen MR) is 81.8 cm³/mol. The van der Waals surface area contributed by atoms with Crippen molar-refractivity contribution in [3.63, 3.8) is 0 Å². The van der Waals surface area contributed by atoms with E-state index in [1.165, 1.54) is 5.56 Å². The Morgan fingerprint density at radius 2 is 1.44 bits per heavy atom. The third kappa shape index (κ3) is 6.03. The molecule has 0 aromatic carbocycles. The van der Waals surface area contributed by atoms with Crippen LogP contribution >= 0.6 is 23.2 Å². The van der Waals surface area contributed by atoms with Crippen molar-refractivity contribution in [2.45, 2.75) is 46.5 Å². The third-order valence-electron chi connectivity index (χ3n) is 2.60. The highest BCUT2D eigenvalue weighted by molar-refractivity contribution is 6.32. The minimum atomic E-state index is 0.492. The molecule has 104 valence electrons. The second-order valence-electron chi connectivity index (χ2n) is 3.57. The minimum absolute atomic E-state index is 0.492. The molecule has 1 aromatic rings. The lowest BCUT2D eigenvalue weighted by Crippen LogP contribution is -2.26. The van der Waals surface area contributed by atoms with E-state index >= 15 is 0 Å². The molecule has 0 amide bonds. The SMILES string of the molecule is CC.CC.Clc1cc(C2CCNCC2)cc(Cl)n1. The Morgan fingerprint density at radius 3 is 1.89 bits per heavy atom. The molecule has 2 heterocycles. The van der Waals surface area contributed by atoms with Crippen molar-refractivity contribution in [2.75, 3.05) is 13.1 Å². The lowest BCUT2D eigenvalue weighted by molar-refractivity contribution is 0.460. The van der Waals surface area contributed by atoms with Crippen molar-refractivity contribution < 1.29 is 0 Å². The molecule has 0 atom stereocenters.